The standard InChI is InChI=1S/C13H10FN3OS/c14-11-2-1-9(6-15)5-10(11)8-19(18)13-3-4-17-7-12(13)16/h1-5,7H,8,16H2. The van der Waals surface area contributed by atoms with E-state index in [-0.39, 0.29) is 11.3 Å². The molecule has 1 aromatic carbocycles. The van der Waals surface area contributed by atoms with Gasteiger partial charge < -0.3 is 5.73 Å². The number of aromatic nitrogens is 1. The van der Waals surface area contributed by atoms with E-state index in [4.69, 9.17) is 11.0 Å². The maximum absolute atomic E-state index is 13.6. The Bertz CT molecular complexity index is 682. The summed E-state index contributed by atoms with van der Waals surface area (Å²) in [5.74, 6) is -0.518. The number of rotatable bonds is 3. The van der Waals surface area contributed by atoms with E-state index in [2.05, 4.69) is 4.98 Å². The van der Waals surface area contributed by atoms with Gasteiger partial charge in [0.05, 0.1) is 45.0 Å². The summed E-state index contributed by atoms with van der Waals surface area (Å²) >= 11 is 0. The molecule has 0 spiro atoms. The van der Waals surface area contributed by atoms with Crippen molar-refractivity contribution in [2.24, 2.45) is 0 Å². The largest absolute Gasteiger partial charge is 0.396 e. The Morgan fingerprint density at radius 3 is 2.89 bits per heavy atom. The van der Waals surface area contributed by atoms with E-state index in [0.29, 0.717) is 16.1 Å². The lowest BCUT2D eigenvalue weighted by Crippen LogP contribution is -2.03. The maximum Gasteiger partial charge on any atom is 0.127 e. The molecular weight excluding hydrogens is 265 g/mol. The number of halogens is 1. The van der Waals surface area contributed by atoms with Crippen LogP contribution in [0.3, 0.4) is 0 Å². The SMILES string of the molecule is N#Cc1ccc(F)c(CS(=O)c2ccncc2N)c1. The molecule has 6 heteroatoms. The zero-order chi connectivity index (χ0) is 13.8. The van der Waals surface area contributed by atoms with Crippen LogP contribution in [0.15, 0.2) is 41.6 Å². The Kier molecular flexibility index (Phi) is 3.88. The molecule has 0 fully saturated rings. The molecule has 96 valence electrons. The summed E-state index contributed by atoms with van der Waals surface area (Å²) in [6.45, 7) is 0. The van der Waals surface area contributed by atoms with Crippen LogP contribution in [-0.4, -0.2) is 9.19 Å². The number of nitrogens with two attached hydrogens (primary N) is 1. The molecule has 0 saturated carbocycles. The van der Waals surface area contributed by atoms with E-state index in [0.717, 1.165) is 0 Å². The Balaban J connectivity index is 2.30. The molecule has 2 aromatic rings. The van der Waals surface area contributed by atoms with E-state index < -0.39 is 16.6 Å². The summed E-state index contributed by atoms with van der Waals surface area (Å²) in [7, 11) is -1.48. The second kappa shape index (κ2) is 5.59. The van der Waals surface area contributed by atoms with Crippen molar-refractivity contribution in [1.29, 1.82) is 5.26 Å². The lowest BCUT2D eigenvalue weighted by Gasteiger charge is -2.06. The van der Waals surface area contributed by atoms with Gasteiger partial charge in [-0.3, -0.25) is 9.19 Å². The van der Waals surface area contributed by atoms with E-state index in [1.807, 2.05) is 6.07 Å². The smallest absolute Gasteiger partial charge is 0.127 e. The summed E-state index contributed by atoms with van der Waals surface area (Å²) in [6, 6.07) is 7.42. The van der Waals surface area contributed by atoms with Gasteiger partial charge in [-0.05, 0) is 24.3 Å². The Hall–Kier alpha value is -2.26. The van der Waals surface area contributed by atoms with Crippen molar-refractivity contribution >= 4 is 16.5 Å². The minimum Gasteiger partial charge on any atom is -0.396 e. The molecular formula is C13H10FN3OS. The second-order valence-electron chi connectivity index (χ2n) is 3.82. The Morgan fingerprint density at radius 1 is 1.42 bits per heavy atom. The van der Waals surface area contributed by atoms with Crippen molar-refractivity contribution in [3.63, 3.8) is 0 Å². The van der Waals surface area contributed by atoms with Gasteiger partial charge in [-0.25, -0.2) is 4.39 Å². The minimum absolute atomic E-state index is 0.0322. The van der Waals surface area contributed by atoms with Crippen LogP contribution in [0.1, 0.15) is 11.1 Å². The molecule has 19 heavy (non-hydrogen) atoms. The fourth-order valence-electron chi connectivity index (χ4n) is 1.58. The van der Waals surface area contributed by atoms with Crippen LogP contribution in [-0.2, 0) is 16.6 Å². The lowest BCUT2D eigenvalue weighted by molar-refractivity contribution is 0.615. The first kappa shape index (κ1) is 13.2. The number of anilines is 1. The predicted octanol–water partition coefficient (Wildman–Crippen LogP) is 1.98. The molecule has 2 N–H and O–H groups in total. The van der Waals surface area contributed by atoms with Gasteiger partial charge in [0.1, 0.15) is 5.82 Å². The Morgan fingerprint density at radius 2 is 2.21 bits per heavy atom. The van der Waals surface area contributed by atoms with E-state index >= 15 is 0 Å². The lowest BCUT2D eigenvalue weighted by atomic mass is 10.1. The highest BCUT2D eigenvalue weighted by Gasteiger charge is 2.12. The number of nitrogen functional groups attached to an aromatic ring is 1. The second-order valence-corrected chi connectivity index (χ2v) is 5.24. The highest BCUT2D eigenvalue weighted by molar-refractivity contribution is 7.84. The number of benzene rings is 1. The molecule has 0 aliphatic heterocycles. The van der Waals surface area contributed by atoms with Crippen LogP contribution in [0.5, 0.6) is 0 Å². The molecule has 0 amide bonds. The number of nitrogens with zero attached hydrogens (tertiary/aromatic N) is 2. The topological polar surface area (TPSA) is 79.8 Å². The molecule has 2 rings (SSSR count). The highest BCUT2D eigenvalue weighted by atomic mass is 32.2. The number of nitriles is 1. The summed E-state index contributed by atoms with van der Waals surface area (Å²) in [4.78, 5) is 4.22. The molecule has 1 heterocycles. The van der Waals surface area contributed by atoms with Gasteiger partial charge in [0.25, 0.3) is 0 Å². The van der Waals surface area contributed by atoms with Crippen LogP contribution in [0.25, 0.3) is 0 Å². The zero-order valence-corrected chi connectivity index (χ0v) is 10.7. The average Bonchev–Trinajstić information content (AvgIpc) is 2.41. The van der Waals surface area contributed by atoms with Crippen LogP contribution in [0.2, 0.25) is 0 Å². The van der Waals surface area contributed by atoms with Crippen molar-refractivity contribution in [3.8, 4) is 6.07 Å². The van der Waals surface area contributed by atoms with Crippen LogP contribution in [0.4, 0.5) is 10.1 Å². The van der Waals surface area contributed by atoms with Crippen molar-refractivity contribution in [1.82, 2.24) is 4.98 Å². The van der Waals surface area contributed by atoms with Crippen LogP contribution >= 0.6 is 0 Å². The third-order valence-corrected chi connectivity index (χ3v) is 3.95. The summed E-state index contributed by atoms with van der Waals surface area (Å²) in [5.41, 5.74) is 6.53. The molecule has 0 saturated heterocycles. The molecule has 0 radical (unpaired) electrons. The van der Waals surface area contributed by atoms with Crippen molar-refractivity contribution < 1.29 is 8.60 Å². The number of pyridine rings is 1. The normalized spacial score (nSPS) is 11.8. The van der Waals surface area contributed by atoms with Crippen LogP contribution in [0, 0.1) is 17.1 Å². The zero-order valence-electron chi connectivity index (χ0n) is 9.84. The van der Waals surface area contributed by atoms with Crippen LogP contribution < -0.4 is 5.73 Å². The molecule has 1 aromatic heterocycles. The van der Waals surface area contributed by atoms with Crippen molar-refractivity contribution in [2.75, 3.05) is 5.73 Å². The molecule has 0 bridgehead atoms. The first-order valence-electron chi connectivity index (χ1n) is 5.38. The molecule has 1 unspecified atom stereocenters. The van der Waals surface area contributed by atoms with Gasteiger partial charge in [0, 0.05) is 11.8 Å². The monoisotopic (exact) mass is 275 g/mol. The molecule has 0 aliphatic rings. The summed E-state index contributed by atoms with van der Waals surface area (Å²) in [5, 5.41) is 8.77. The third-order valence-electron chi connectivity index (χ3n) is 2.52. The van der Waals surface area contributed by atoms with Gasteiger partial charge in [-0.2, -0.15) is 5.26 Å². The predicted molar refractivity (Wildman–Crippen MR) is 69.9 cm³/mol. The van der Waals surface area contributed by atoms with E-state index in [9.17, 15) is 8.60 Å². The van der Waals surface area contributed by atoms with Crippen molar-refractivity contribution in [2.45, 2.75) is 10.6 Å². The molecule has 0 aliphatic carbocycles. The quantitative estimate of drug-likeness (QED) is 0.928. The molecule has 1 atom stereocenters. The van der Waals surface area contributed by atoms with Gasteiger partial charge in [-0.15, -0.1) is 0 Å². The van der Waals surface area contributed by atoms with Gasteiger partial charge >= 0.3 is 0 Å². The fraction of sp³-hybridized carbons (Fsp3) is 0.0769. The minimum atomic E-state index is -1.48. The fourth-order valence-corrected chi connectivity index (χ4v) is 2.76. The maximum atomic E-state index is 13.6. The van der Waals surface area contributed by atoms with Crippen molar-refractivity contribution in [3.05, 3.63) is 53.6 Å². The molecule has 4 nitrogen and oxygen atoms in total. The highest BCUT2D eigenvalue weighted by Crippen LogP contribution is 2.19. The summed E-state index contributed by atoms with van der Waals surface area (Å²) in [6.07, 6.45) is 2.88. The first-order chi connectivity index (χ1) is 9.11. The average molecular weight is 275 g/mol. The van der Waals surface area contributed by atoms with E-state index in [1.165, 1.54) is 36.7 Å². The Labute approximate surface area is 112 Å². The van der Waals surface area contributed by atoms with Gasteiger partial charge in [0.15, 0.2) is 0 Å². The van der Waals surface area contributed by atoms with E-state index in [1.54, 1.807) is 0 Å². The first-order valence-corrected chi connectivity index (χ1v) is 6.70. The number of hydrogen-bond acceptors (Lipinski definition) is 4. The summed E-state index contributed by atoms with van der Waals surface area (Å²) < 4.78 is 25.7. The van der Waals surface area contributed by atoms with Gasteiger partial charge in [-0.1, -0.05) is 0 Å². The third kappa shape index (κ3) is 2.95. The van der Waals surface area contributed by atoms with Gasteiger partial charge in [0.2, 0.25) is 0 Å². The number of hydrogen-bond donors (Lipinski definition) is 1.